The smallest absolute Gasteiger partial charge is 0.0372 e. The first kappa shape index (κ1) is 13.0. The molecule has 0 saturated heterocycles. The highest BCUT2D eigenvalue weighted by Gasteiger charge is 2.05. The summed E-state index contributed by atoms with van der Waals surface area (Å²) in [6.45, 7) is 2.27. The number of aryl methyl sites for hydroxylation is 2. The van der Waals surface area contributed by atoms with E-state index in [2.05, 4.69) is 59.2 Å². The van der Waals surface area contributed by atoms with Crippen molar-refractivity contribution < 1.29 is 0 Å². The van der Waals surface area contributed by atoms with E-state index in [1.807, 2.05) is 0 Å². The molecule has 2 nitrogen and oxygen atoms in total. The van der Waals surface area contributed by atoms with Crippen LogP contribution >= 0.6 is 0 Å². The van der Waals surface area contributed by atoms with Crippen molar-refractivity contribution in [3.8, 4) is 0 Å². The molecule has 0 atom stereocenters. The van der Waals surface area contributed by atoms with E-state index in [0.717, 1.165) is 13.1 Å². The van der Waals surface area contributed by atoms with Crippen LogP contribution in [0.25, 0.3) is 0 Å². The number of nitrogens with one attached hydrogen (secondary N) is 2. The Hall–Kier alpha value is -1.96. The van der Waals surface area contributed by atoms with Gasteiger partial charge in [0.05, 0.1) is 0 Å². The van der Waals surface area contributed by atoms with Crippen LogP contribution in [0.2, 0.25) is 0 Å². The third-order valence-electron chi connectivity index (χ3n) is 3.91. The Labute approximate surface area is 121 Å². The van der Waals surface area contributed by atoms with Crippen molar-refractivity contribution in [3.63, 3.8) is 0 Å². The molecule has 0 fully saturated rings. The normalized spacial score (nSPS) is 15.6. The van der Waals surface area contributed by atoms with Crippen molar-refractivity contribution in [1.29, 1.82) is 0 Å². The maximum Gasteiger partial charge on any atom is 0.0372 e. The first-order valence-electron chi connectivity index (χ1n) is 7.57. The number of fused-ring (bicyclic) bond motifs is 2. The molecule has 0 amide bonds. The van der Waals surface area contributed by atoms with Crippen molar-refractivity contribution >= 4 is 11.4 Å². The fraction of sp³-hybridized carbons (Fsp3) is 0.333. The Morgan fingerprint density at radius 2 is 1.05 bits per heavy atom. The number of hydrogen-bond acceptors (Lipinski definition) is 2. The van der Waals surface area contributed by atoms with Crippen LogP contribution in [0.15, 0.2) is 48.5 Å². The molecule has 2 heteroatoms. The topological polar surface area (TPSA) is 24.1 Å². The van der Waals surface area contributed by atoms with E-state index < -0.39 is 0 Å². The maximum absolute atomic E-state index is 3.36. The number of para-hydroxylation sites is 2. The zero-order valence-electron chi connectivity index (χ0n) is 11.9. The molecule has 0 bridgehead atoms. The summed E-state index contributed by atoms with van der Waals surface area (Å²) in [6, 6.07) is 17.1. The minimum Gasteiger partial charge on any atom is -0.385 e. The van der Waals surface area contributed by atoms with Gasteiger partial charge in [-0.15, -0.1) is 0 Å². The standard InChI is InChI=1S/2C9H11N/c2*1-2-6-9-8(4-1)5-3-7-10-9/h2*1-2,4,6,10H,3,5,7H2. The lowest BCUT2D eigenvalue weighted by Crippen LogP contribution is -2.10. The molecule has 20 heavy (non-hydrogen) atoms. The van der Waals surface area contributed by atoms with Crippen molar-refractivity contribution in [2.45, 2.75) is 25.7 Å². The molecule has 2 N–H and O–H groups in total. The highest BCUT2D eigenvalue weighted by atomic mass is 14.9. The molecule has 4 rings (SSSR count). The summed E-state index contributed by atoms with van der Waals surface area (Å²) >= 11 is 0. The van der Waals surface area contributed by atoms with E-state index in [1.54, 1.807) is 0 Å². The van der Waals surface area contributed by atoms with Crippen LogP contribution in [-0.2, 0) is 12.8 Å². The van der Waals surface area contributed by atoms with Gasteiger partial charge in [-0.25, -0.2) is 0 Å². The number of hydrogen-bond donors (Lipinski definition) is 2. The van der Waals surface area contributed by atoms with E-state index in [9.17, 15) is 0 Å². The van der Waals surface area contributed by atoms with Gasteiger partial charge in [-0.1, -0.05) is 36.4 Å². The average Bonchev–Trinajstić information content (AvgIpc) is 2.56. The Kier molecular flexibility index (Phi) is 4.22. The van der Waals surface area contributed by atoms with Gasteiger partial charge in [0.25, 0.3) is 0 Å². The highest BCUT2D eigenvalue weighted by molar-refractivity contribution is 5.53. The van der Waals surface area contributed by atoms with Crippen molar-refractivity contribution in [3.05, 3.63) is 59.7 Å². The lowest BCUT2D eigenvalue weighted by Gasteiger charge is -2.16. The summed E-state index contributed by atoms with van der Waals surface area (Å²) < 4.78 is 0. The van der Waals surface area contributed by atoms with Crippen LogP contribution in [0, 0.1) is 0 Å². The summed E-state index contributed by atoms with van der Waals surface area (Å²) in [7, 11) is 0. The number of benzene rings is 2. The third kappa shape index (κ3) is 3.13. The molecule has 0 spiro atoms. The van der Waals surface area contributed by atoms with Crippen LogP contribution in [0.3, 0.4) is 0 Å². The van der Waals surface area contributed by atoms with Gasteiger partial charge in [-0.05, 0) is 48.9 Å². The largest absolute Gasteiger partial charge is 0.385 e. The fourth-order valence-electron chi connectivity index (χ4n) is 2.83. The fourth-order valence-corrected chi connectivity index (χ4v) is 2.83. The predicted octanol–water partition coefficient (Wildman–Crippen LogP) is 4.09. The molecule has 2 aliphatic rings. The van der Waals surface area contributed by atoms with Crippen LogP contribution < -0.4 is 10.6 Å². The average molecular weight is 266 g/mol. The summed E-state index contributed by atoms with van der Waals surface area (Å²) in [5.41, 5.74) is 5.59. The van der Waals surface area contributed by atoms with Crippen LogP contribution in [0.4, 0.5) is 11.4 Å². The highest BCUT2D eigenvalue weighted by Crippen LogP contribution is 2.20. The zero-order valence-corrected chi connectivity index (χ0v) is 11.9. The molecule has 2 aromatic carbocycles. The molecular weight excluding hydrogens is 244 g/mol. The van der Waals surface area contributed by atoms with E-state index in [1.165, 1.54) is 48.2 Å². The van der Waals surface area contributed by atoms with Gasteiger partial charge in [-0.2, -0.15) is 0 Å². The SMILES string of the molecule is c1ccc2c(c1)CCCN2.c1ccc2c(c1)CCCN2. The van der Waals surface area contributed by atoms with Crippen molar-refractivity contribution in [1.82, 2.24) is 0 Å². The van der Waals surface area contributed by atoms with Gasteiger partial charge in [0.1, 0.15) is 0 Å². The summed E-state index contributed by atoms with van der Waals surface area (Å²) in [5, 5.41) is 6.73. The molecule has 104 valence electrons. The van der Waals surface area contributed by atoms with Crippen molar-refractivity contribution in [2.75, 3.05) is 23.7 Å². The predicted molar refractivity (Wildman–Crippen MR) is 86.5 cm³/mol. The first-order valence-corrected chi connectivity index (χ1v) is 7.57. The molecule has 2 aromatic rings. The van der Waals surface area contributed by atoms with Crippen molar-refractivity contribution in [2.24, 2.45) is 0 Å². The van der Waals surface area contributed by atoms with Gasteiger partial charge in [0.2, 0.25) is 0 Å². The van der Waals surface area contributed by atoms with E-state index in [0.29, 0.717) is 0 Å². The lowest BCUT2D eigenvalue weighted by atomic mass is 10.0. The van der Waals surface area contributed by atoms with E-state index >= 15 is 0 Å². The van der Waals surface area contributed by atoms with E-state index in [-0.39, 0.29) is 0 Å². The Morgan fingerprint density at radius 1 is 0.600 bits per heavy atom. The Bertz CT molecular complexity index is 461. The van der Waals surface area contributed by atoms with Crippen LogP contribution in [0.1, 0.15) is 24.0 Å². The number of rotatable bonds is 0. The third-order valence-corrected chi connectivity index (χ3v) is 3.91. The monoisotopic (exact) mass is 266 g/mol. The minimum absolute atomic E-state index is 1.14. The summed E-state index contributed by atoms with van der Waals surface area (Å²) in [5.74, 6) is 0. The van der Waals surface area contributed by atoms with Crippen LogP contribution in [-0.4, -0.2) is 13.1 Å². The molecule has 0 aromatic heterocycles. The van der Waals surface area contributed by atoms with Gasteiger partial charge < -0.3 is 10.6 Å². The second kappa shape index (κ2) is 6.47. The van der Waals surface area contributed by atoms with E-state index in [4.69, 9.17) is 0 Å². The minimum atomic E-state index is 1.14. The maximum atomic E-state index is 3.36. The second-order valence-corrected chi connectivity index (χ2v) is 5.37. The quantitative estimate of drug-likeness (QED) is 0.750. The molecule has 0 radical (unpaired) electrons. The molecule has 0 saturated carbocycles. The van der Waals surface area contributed by atoms with Gasteiger partial charge in [0, 0.05) is 24.5 Å². The van der Waals surface area contributed by atoms with Crippen LogP contribution in [0.5, 0.6) is 0 Å². The van der Waals surface area contributed by atoms with Gasteiger partial charge in [0.15, 0.2) is 0 Å². The molecule has 2 heterocycles. The molecule has 0 aliphatic carbocycles. The van der Waals surface area contributed by atoms with Gasteiger partial charge in [-0.3, -0.25) is 0 Å². The Morgan fingerprint density at radius 3 is 1.50 bits per heavy atom. The zero-order chi connectivity index (χ0) is 13.6. The Balaban J connectivity index is 0.000000121. The molecule has 2 aliphatic heterocycles. The second-order valence-electron chi connectivity index (χ2n) is 5.37. The molecular formula is C18H22N2. The summed E-state index contributed by atoms with van der Waals surface area (Å²) in [4.78, 5) is 0. The molecule has 0 unspecified atom stereocenters. The first-order chi connectivity index (χ1) is 9.93. The number of anilines is 2. The summed E-state index contributed by atoms with van der Waals surface area (Å²) in [6.07, 6.45) is 5.03. The van der Waals surface area contributed by atoms with Gasteiger partial charge >= 0.3 is 0 Å². The lowest BCUT2D eigenvalue weighted by molar-refractivity contribution is 0.830.